The fourth-order valence-electron chi connectivity index (χ4n) is 7.23. The van der Waals surface area contributed by atoms with Crippen LogP contribution in [0.4, 0.5) is 5.69 Å². The summed E-state index contributed by atoms with van der Waals surface area (Å²) in [5.41, 5.74) is 26.3. The van der Waals surface area contributed by atoms with Crippen molar-refractivity contribution < 1.29 is 0 Å². The van der Waals surface area contributed by atoms with Crippen molar-refractivity contribution in [3.63, 3.8) is 0 Å². The molecule has 0 saturated carbocycles. The van der Waals surface area contributed by atoms with Crippen LogP contribution in [0.25, 0.3) is 90.9 Å². The Bertz CT molecular complexity index is 2350. The second kappa shape index (κ2) is 12.6. The minimum absolute atomic E-state index is 0.716. The van der Waals surface area contributed by atoms with Crippen LogP contribution in [0.2, 0.25) is 0 Å². The van der Waals surface area contributed by atoms with Gasteiger partial charge < -0.3 is 15.7 Å². The molecule has 0 radical (unpaired) electrons. The van der Waals surface area contributed by atoms with E-state index in [9.17, 15) is 0 Å². The monoisotopic (exact) mass is 671 g/mol. The molecule has 5 nitrogen and oxygen atoms in total. The van der Waals surface area contributed by atoms with Crippen molar-refractivity contribution in [1.82, 2.24) is 19.9 Å². The summed E-state index contributed by atoms with van der Waals surface area (Å²) < 4.78 is 0. The predicted octanol–water partition coefficient (Wildman–Crippen LogP) is 11.8. The zero-order valence-corrected chi connectivity index (χ0v) is 29.3. The molecule has 52 heavy (non-hydrogen) atoms. The van der Waals surface area contributed by atoms with E-state index in [1.54, 1.807) is 0 Å². The Labute approximate surface area is 302 Å². The molecule has 5 heteroatoms. The first-order chi connectivity index (χ1) is 25.4. The second-order valence-corrected chi connectivity index (χ2v) is 13.7. The third-order valence-electron chi connectivity index (χ3n) is 9.97. The number of fused-ring (bicyclic) bond motifs is 8. The van der Waals surface area contributed by atoms with E-state index in [-0.39, 0.29) is 0 Å². The SMILES string of the molecule is Cc1ccc(-c2c3nc(c(-c4ccc(C)cc4)c4ccc([nH]4)c(-c4ccc(N)cc4)c4nc(c(-c5ccc(C)cc5)c5ccc2[nH]5)C=C4)C=C3)cc1. The lowest BCUT2D eigenvalue weighted by molar-refractivity contribution is 1.31. The molecule has 0 spiro atoms. The van der Waals surface area contributed by atoms with Gasteiger partial charge in [0.1, 0.15) is 0 Å². The number of rotatable bonds is 4. The van der Waals surface area contributed by atoms with Crippen molar-refractivity contribution >= 4 is 52.1 Å². The van der Waals surface area contributed by atoms with Crippen molar-refractivity contribution in [3.05, 3.63) is 161 Å². The van der Waals surface area contributed by atoms with Gasteiger partial charge in [-0.2, -0.15) is 0 Å². The van der Waals surface area contributed by atoms with Gasteiger partial charge in [-0.3, -0.25) is 0 Å². The van der Waals surface area contributed by atoms with Gasteiger partial charge in [0, 0.05) is 50.0 Å². The number of benzene rings is 4. The number of aromatic nitrogens is 4. The Morgan fingerprint density at radius 3 is 0.865 bits per heavy atom. The van der Waals surface area contributed by atoms with Crippen LogP contribution in [0.3, 0.4) is 0 Å². The molecular weight excluding hydrogens is 635 g/mol. The fourth-order valence-corrected chi connectivity index (χ4v) is 7.23. The molecule has 5 heterocycles. The number of aryl methyl sites for hydroxylation is 3. The first-order valence-corrected chi connectivity index (χ1v) is 17.6. The van der Waals surface area contributed by atoms with E-state index in [2.05, 4.69) is 164 Å². The number of nitrogens with zero attached hydrogens (tertiary/aromatic N) is 2. The van der Waals surface area contributed by atoms with Gasteiger partial charge in [0.25, 0.3) is 0 Å². The van der Waals surface area contributed by atoms with Crippen molar-refractivity contribution in [1.29, 1.82) is 0 Å². The van der Waals surface area contributed by atoms with Crippen LogP contribution < -0.4 is 5.73 Å². The number of aromatic amines is 2. The van der Waals surface area contributed by atoms with E-state index in [4.69, 9.17) is 15.7 Å². The van der Waals surface area contributed by atoms with Gasteiger partial charge in [0.15, 0.2) is 0 Å². The lowest BCUT2D eigenvalue weighted by atomic mass is 10.0. The molecule has 7 aromatic rings. The number of hydrogen-bond donors (Lipinski definition) is 3. The molecule has 8 bridgehead atoms. The standard InChI is InChI=1S/C47H37N5/c1-28-4-10-31(11-5-28)44-36-20-22-38(49-36)45(32-12-6-29(2)7-13-32)40-24-26-42(51-40)47(34-16-18-35(48)19-17-34)43-27-25-41(52-43)46(39-23-21-37(44)50-39)33-14-8-30(3)9-15-33/h4-27,49,52H,48H2,1-3H3. The molecule has 0 unspecified atom stereocenters. The first-order valence-electron chi connectivity index (χ1n) is 17.6. The number of H-pyrrole nitrogens is 2. The molecule has 2 aliphatic rings. The average Bonchev–Trinajstić information content (AvgIpc) is 3.99. The molecule has 3 aromatic heterocycles. The van der Waals surface area contributed by atoms with Crippen LogP contribution in [0.15, 0.2) is 121 Å². The highest BCUT2D eigenvalue weighted by Gasteiger charge is 2.19. The van der Waals surface area contributed by atoms with Gasteiger partial charge in [-0.05, 0) is 104 Å². The van der Waals surface area contributed by atoms with Crippen molar-refractivity contribution in [2.24, 2.45) is 0 Å². The maximum absolute atomic E-state index is 6.17. The minimum atomic E-state index is 0.716. The molecule has 250 valence electrons. The van der Waals surface area contributed by atoms with Gasteiger partial charge >= 0.3 is 0 Å². The molecule has 0 aliphatic carbocycles. The minimum Gasteiger partial charge on any atom is -0.399 e. The van der Waals surface area contributed by atoms with E-state index in [1.165, 1.54) is 16.7 Å². The van der Waals surface area contributed by atoms with Gasteiger partial charge in [-0.1, -0.05) is 102 Å². The van der Waals surface area contributed by atoms with E-state index < -0.39 is 0 Å². The van der Waals surface area contributed by atoms with Gasteiger partial charge in [-0.15, -0.1) is 0 Å². The Kier molecular flexibility index (Phi) is 7.55. The Morgan fingerprint density at radius 2 is 0.596 bits per heavy atom. The van der Waals surface area contributed by atoms with Crippen molar-refractivity contribution in [2.75, 3.05) is 5.73 Å². The molecule has 0 saturated heterocycles. The average molecular weight is 672 g/mol. The van der Waals surface area contributed by atoms with Crippen molar-refractivity contribution in [3.8, 4) is 44.5 Å². The van der Waals surface area contributed by atoms with E-state index in [0.29, 0.717) is 5.69 Å². The molecule has 4 N–H and O–H groups in total. The van der Waals surface area contributed by atoms with Gasteiger partial charge in [0.05, 0.1) is 22.8 Å². The maximum atomic E-state index is 6.17. The molecule has 4 aromatic carbocycles. The second-order valence-electron chi connectivity index (χ2n) is 13.7. The topological polar surface area (TPSA) is 83.4 Å². The summed E-state index contributed by atoms with van der Waals surface area (Å²) in [6.45, 7) is 6.35. The third kappa shape index (κ3) is 5.62. The molecule has 0 amide bonds. The summed E-state index contributed by atoms with van der Waals surface area (Å²) in [6, 6.07) is 42.7. The fraction of sp³-hybridized carbons (Fsp3) is 0.0638. The Hall–Kier alpha value is -6.72. The predicted molar refractivity (Wildman–Crippen MR) is 219 cm³/mol. The summed E-state index contributed by atoms with van der Waals surface area (Å²) >= 11 is 0. The largest absolute Gasteiger partial charge is 0.399 e. The molecule has 9 rings (SSSR count). The number of nitrogens with two attached hydrogens (primary N) is 1. The lowest BCUT2D eigenvalue weighted by Gasteiger charge is -2.07. The highest BCUT2D eigenvalue weighted by molar-refractivity contribution is 5.99. The summed E-state index contributed by atoms with van der Waals surface area (Å²) in [5, 5.41) is 0. The highest BCUT2D eigenvalue weighted by Crippen LogP contribution is 2.38. The Balaban J connectivity index is 1.47. The maximum Gasteiger partial charge on any atom is 0.0737 e. The van der Waals surface area contributed by atoms with Gasteiger partial charge in [-0.25, -0.2) is 9.97 Å². The molecule has 0 atom stereocenters. The van der Waals surface area contributed by atoms with Gasteiger partial charge in [0.2, 0.25) is 0 Å². The number of anilines is 1. The van der Waals surface area contributed by atoms with Crippen LogP contribution >= 0.6 is 0 Å². The van der Waals surface area contributed by atoms with E-state index >= 15 is 0 Å². The summed E-state index contributed by atoms with van der Waals surface area (Å²) in [5.74, 6) is 0. The van der Waals surface area contributed by atoms with Crippen LogP contribution in [-0.2, 0) is 0 Å². The van der Waals surface area contributed by atoms with E-state index in [1.807, 2.05) is 12.1 Å². The third-order valence-corrected chi connectivity index (χ3v) is 9.97. The smallest absolute Gasteiger partial charge is 0.0737 e. The number of nitrogens with one attached hydrogen (secondary N) is 2. The molecule has 2 aliphatic heterocycles. The van der Waals surface area contributed by atoms with Crippen LogP contribution in [0, 0.1) is 20.8 Å². The Morgan fingerprint density at radius 1 is 0.346 bits per heavy atom. The van der Waals surface area contributed by atoms with Crippen LogP contribution in [0.1, 0.15) is 39.5 Å². The zero-order valence-electron chi connectivity index (χ0n) is 29.3. The number of hydrogen-bond acceptors (Lipinski definition) is 3. The lowest BCUT2D eigenvalue weighted by Crippen LogP contribution is -1.90. The highest BCUT2D eigenvalue weighted by atomic mass is 14.8. The summed E-state index contributed by atoms with van der Waals surface area (Å²) in [4.78, 5) is 18.4. The van der Waals surface area contributed by atoms with Crippen LogP contribution in [-0.4, -0.2) is 19.9 Å². The van der Waals surface area contributed by atoms with Crippen LogP contribution in [0.5, 0.6) is 0 Å². The molecular formula is C47H37N5. The van der Waals surface area contributed by atoms with E-state index in [0.717, 1.165) is 89.4 Å². The van der Waals surface area contributed by atoms with Crippen molar-refractivity contribution in [2.45, 2.75) is 20.8 Å². The quantitative estimate of drug-likeness (QED) is 0.163. The summed E-state index contributed by atoms with van der Waals surface area (Å²) in [6.07, 6.45) is 8.53. The zero-order chi connectivity index (χ0) is 35.3. The normalized spacial score (nSPS) is 12.1. The number of nitrogen functional groups attached to an aromatic ring is 1. The summed E-state index contributed by atoms with van der Waals surface area (Å²) in [7, 11) is 0. The molecule has 0 fully saturated rings. The first kappa shape index (κ1) is 31.3.